The van der Waals surface area contributed by atoms with Gasteiger partial charge in [-0.05, 0) is 27.3 Å². The van der Waals surface area contributed by atoms with Gasteiger partial charge in [0.05, 0.1) is 18.3 Å². The van der Waals surface area contributed by atoms with Crippen molar-refractivity contribution in [2.75, 3.05) is 25.5 Å². The molecular weight excluding hydrogens is 324 g/mol. The number of carbonyl (C=O) groups is 1. The van der Waals surface area contributed by atoms with E-state index in [-0.39, 0.29) is 11.9 Å². The normalized spacial score (nSPS) is 19.5. The van der Waals surface area contributed by atoms with Gasteiger partial charge in [-0.3, -0.25) is 19.9 Å². The summed E-state index contributed by atoms with van der Waals surface area (Å²) in [5, 5.41) is 10.5. The smallest absolute Gasteiger partial charge is 0.243 e. The van der Waals surface area contributed by atoms with Crippen LogP contribution < -0.4 is 5.32 Å². The summed E-state index contributed by atoms with van der Waals surface area (Å²) in [6.45, 7) is 7.82. The molecule has 9 heteroatoms. The third-order valence-electron chi connectivity index (χ3n) is 4.58. The molecule has 25 heavy (non-hydrogen) atoms. The maximum atomic E-state index is 12.4. The molecule has 2 aromatic rings. The molecule has 1 amide bonds. The maximum Gasteiger partial charge on any atom is 0.243 e. The van der Waals surface area contributed by atoms with Crippen molar-refractivity contribution < 1.29 is 13.8 Å². The van der Waals surface area contributed by atoms with Crippen molar-refractivity contribution in [2.24, 2.45) is 0 Å². The van der Waals surface area contributed by atoms with Crippen LogP contribution in [0.1, 0.15) is 30.8 Å². The molecule has 1 saturated heterocycles. The van der Waals surface area contributed by atoms with E-state index in [1.165, 1.54) is 0 Å². The zero-order valence-corrected chi connectivity index (χ0v) is 15.0. The lowest BCUT2D eigenvalue weighted by Crippen LogP contribution is -2.42. The Hall–Kier alpha value is -2.26. The first-order valence-corrected chi connectivity index (χ1v) is 8.40. The van der Waals surface area contributed by atoms with Crippen molar-refractivity contribution in [2.45, 2.75) is 45.8 Å². The van der Waals surface area contributed by atoms with Gasteiger partial charge in [0.2, 0.25) is 17.7 Å². The molecule has 1 aliphatic heterocycles. The van der Waals surface area contributed by atoms with Gasteiger partial charge in [0.15, 0.2) is 5.82 Å². The van der Waals surface area contributed by atoms with Crippen LogP contribution in [0.5, 0.6) is 0 Å². The van der Waals surface area contributed by atoms with Gasteiger partial charge in [-0.15, -0.1) is 0 Å². The Bertz CT molecular complexity index is 727. The Balaban J connectivity index is 1.51. The van der Waals surface area contributed by atoms with E-state index in [1.54, 1.807) is 13.0 Å². The highest BCUT2D eigenvalue weighted by atomic mass is 16.5. The van der Waals surface area contributed by atoms with E-state index in [2.05, 4.69) is 30.4 Å². The van der Waals surface area contributed by atoms with E-state index in [4.69, 9.17) is 9.05 Å². The standard InChI is InChI=1S/C16H24N6O3/c1-10-7-15(25-19-10)18-16(23)11(2)22-6-5-13(8-22)21(4)9-14-17-12(3)24-20-14/h7,11,13H,5-6,8-9H2,1-4H3,(H,18,23). The first-order valence-electron chi connectivity index (χ1n) is 8.40. The summed E-state index contributed by atoms with van der Waals surface area (Å²) in [5.74, 6) is 1.55. The third-order valence-corrected chi connectivity index (χ3v) is 4.58. The molecule has 1 N–H and O–H groups in total. The Labute approximate surface area is 146 Å². The van der Waals surface area contributed by atoms with E-state index in [0.29, 0.717) is 30.2 Å². The second-order valence-corrected chi connectivity index (χ2v) is 6.58. The number of carbonyl (C=O) groups excluding carboxylic acids is 1. The highest BCUT2D eigenvalue weighted by Gasteiger charge is 2.32. The van der Waals surface area contributed by atoms with Crippen LogP contribution in [0.15, 0.2) is 15.1 Å². The van der Waals surface area contributed by atoms with Gasteiger partial charge >= 0.3 is 0 Å². The maximum absolute atomic E-state index is 12.4. The number of rotatable bonds is 6. The lowest BCUT2D eigenvalue weighted by atomic mass is 10.2. The summed E-state index contributed by atoms with van der Waals surface area (Å²) in [6.07, 6.45) is 0.992. The van der Waals surface area contributed by atoms with Crippen molar-refractivity contribution in [1.29, 1.82) is 0 Å². The van der Waals surface area contributed by atoms with E-state index in [9.17, 15) is 4.79 Å². The number of nitrogens with zero attached hydrogens (tertiary/aromatic N) is 5. The van der Waals surface area contributed by atoms with Crippen LogP contribution in [0.4, 0.5) is 5.88 Å². The Morgan fingerprint density at radius 1 is 1.44 bits per heavy atom. The first-order chi connectivity index (χ1) is 11.9. The fourth-order valence-electron chi connectivity index (χ4n) is 3.05. The van der Waals surface area contributed by atoms with E-state index in [1.807, 2.05) is 20.9 Å². The fraction of sp³-hybridized carbons (Fsp3) is 0.625. The number of likely N-dealkylation sites (N-methyl/N-ethyl adjacent to an activating group) is 1. The minimum Gasteiger partial charge on any atom is -0.340 e. The predicted molar refractivity (Wildman–Crippen MR) is 89.8 cm³/mol. The average molecular weight is 348 g/mol. The van der Waals surface area contributed by atoms with E-state index >= 15 is 0 Å². The Kier molecular flexibility index (Phi) is 5.14. The van der Waals surface area contributed by atoms with Gasteiger partial charge in [0, 0.05) is 32.1 Å². The highest BCUT2D eigenvalue weighted by Crippen LogP contribution is 2.19. The minimum atomic E-state index is -0.240. The summed E-state index contributed by atoms with van der Waals surface area (Å²) in [7, 11) is 2.04. The van der Waals surface area contributed by atoms with Crippen LogP contribution in [-0.4, -0.2) is 63.2 Å². The fourth-order valence-corrected chi connectivity index (χ4v) is 3.05. The molecule has 0 radical (unpaired) electrons. The van der Waals surface area contributed by atoms with Gasteiger partial charge in [-0.2, -0.15) is 4.98 Å². The summed E-state index contributed by atoms with van der Waals surface area (Å²) >= 11 is 0. The molecule has 2 atom stereocenters. The molecule has 3 rings (SSSR count). The Morgan fingerprint density at radius 2 is 2.24 bits per heavy atom. The largest absolute Gasteiger partial charge is 0.340 e. The molecule has 9 nitrogen and oxygen atoms in total. The summed E-state index contributed by atoms with van der Waals surface area (Å²) < 4.78 is 10.1. The molecule has 3 heterocycles. The number of hydrogen-bond donors (Lipinski definition) is 1. The van der Waals surface area contributed by atoms with Crippen molar-refractivity contribution in [3.63, 3.8) is 0 Å². The van der Waals surface area contributed by atoms with Crippen LogP contribution in [0.25, 0.3) is 0 Å². The number of hydrogen-bond acceptors (Lipinski definition) is 8. The number of amides is 1. The topological polar surface area (TPSA) is 101 Å². The molecule has 0 saturated carbocycles. The monoisotopic (exact) mass is 348 g/mol. The quantitative estimate of drug-likeness (QED) is 0.831. The number of aryl methyl sites for hydroxylation is 2. The van der Waals surface area contributed by atoms with Crippen LogP contribution >= 0.6 is 0 Å². The molecular formula is C16H24N6O3. The molecule has 1 fully saturated rings. The molecule has 0 bridgehead atoms. The van der Waals surface area contributed by atoms with Gasteiger partial charge in [0.1, 0.15) is 0 Å². The van der Waals surface area contributed by atoms with Gasteiger partial charge in [-0.1, -0.05) is 10.3 Å². The Morgan fingerprint density at radius 3 is 2.88 bits per heavy atom. The van der Waals surface area contributed by atoms with Gasteiger partial charge < -0.3 is 9.05 Å². The molecule has 1 aliphatic rings. The third kappa shape index (κ3) is 4.23. The van der Waals surface area contributed by atoms with Crippen molar-refractivity contribution >= 4 is 11.8 Å². The molecule has 136 valence electrons. The van der Waals surface area contributed by atoms with Gasteiger partial charge in [0.25, 0.3) is 0 Å². The molecule has 2 aromatic heterocycles. The summed E-state index contributed by atoms with van der Waals surface area (Å²) in [4.78, 5) is 21.0. The molecule has 0 aromatic carbocycles. The minimum absolute atomic E-state index is 0.0896. The summed E-state index contributed by atoms with van der Waals surface area (Å²) in [5.41, 5.74) is 0.738. The lowest BCUT2D eigenvalue weighted by molar-refractivity contribution is -0.120. The van der Waals surface area contributed by atoms with Crippen molar-refractivity contribution in [1.82, 2.24) is 25.1 Å². The molecule has 0 spiro atoms. The van der Waals surface area contributed by atoms with Crippen LogP contribution in [-0.2, 0) is 11.3 Å². The zero-order valence-electron chi connectivity index (χ0n) is 15.0. The second kappa shape index (κ2) is 7.32. The van der Waals surface area contributed by atoms with Gasteiger partial charge in [-0.25, -0.2) is 0 Å². The average Bonchev–Trinajstić information content (AvgIpc) is 3.28. The van der Waals surface area contributed by atoms with E-state index < -0.39 is 0 Å². The zero-order chi connectivity index (χ0) is 18.0. The van der Waals surface area contributed by atoms with Crippen molar-refractivity contribution in [3.8, 4) is 0 Å². The second-order valence-electron chi connectivity index (χ2n) is 6.58. The first kappa shape index (κ1) is 17.6. The van der Waals surface area contributed by atoms with E-state index in [0.717, 1.165) is 25.2 Å². The predicted octanol–water partition coefficient (Wildman–Crippen LogP) is 1.21. The summed E-state index contributed by atoms with van der Waals surface area (Å²) in [6, 6.07) is 1.82. The number of nitrogens with one attached hydrogen (secondary N) is 1. The number of likely N-dealkylation sites (tertiary alicyclic amines) is 1. The van der Waals surface area contributed by atoms with Crippen LogP contribution in [0.2, 0.25) is 0 Å². The number of aromatic nitrogens is 3. The molecule has 2 unspecified atom stereocenters. The van der Waals surface area contributed by atoms with Crippen LogP contribution in [0.3, 0.4) is 0 Å². The lowest BCUT2D eigenvalue weighted by Gasteiger charge is -2.26. The molecule has 0 aliphatic carbocycles. The number of anilines is 1. The van der Waals surface area contributed by atoms with Crippen LogP contribution in [0, 0.1) is 13.8 Å². The highest BCUT2D eigenvalue weighted by molar-refractivity contribution is 5.93. The SMILES string of the molecule is Cc1cc(NC(=O)C(C)N2CCC(N(C)Cc3noc(C)n3)C2)on1. The van der Waals surface area contributed by atoms with Crippen molar-refractivity contribution in [3.05, 3.63) is 23.5 Å².